The van der Waals surface area contributed by atoms with Gasteiger partial charge in [0.25, 0.3) is 0 Å². The molecule has 48 valence electrons. The van der Waals surface area contributed by atoms with Crippen molar-refractivity contribution in [2.24, 2.45) is 0 Å². The summed E-state index contributed by atoms with van der Waals surface area (Å²) < 4.78 is 0. The second-order valence-corrected chi connectivity index (χ2v) is 1.46. The van der Waals surface area contributed by atoms with Crippen molar-refractivity contribution >= 4 is 0 Å². The van der Waals surface area contributed by atoms with E-state index in [0.29, 0.717) is 0 Å². The molecule has 0 atom stereocenters. The fourth-order valence-corrected chi connectivity index (χ4v) is 0.386. The van der Waals surface area contributed by atoms with Crippen LogP contribution in [0.1, 0.15) is 6.92 Å². The van der Waals surface area contributed by atoms with Gasteiger partial charge in [-0.2, -0.15) is 0 Å². The number of nitrogens with one attached hydrogen (secondary N) is 1. The van der Waals surface area contributed by atoms with Gasteiger partial charge >= 0.3 is 0 Å². The van der Waals surface area contributed by atoms with Gasteiger partial charge in [0.05, 0.1) is 6.61 Å². The second kappa shape index (κ2) is 6.66. The molecule has 0 fully saturated rings. The van der Waals surface area contributed by atoms with E-state index in [2.05, 4.69) is 5.32 Å². The van der Waals surface area contributed by atoms with Crippen molar-refractivity contribution < 1.29 is 5.11 Å². The molecule has 0 aliphatic carbocycles. The zero-order valence-electron chi connectivity index (χ0n) is 5.22. The fraction of sp³-hybridized carbons (Fsp3) is 0.667. The quantitative estimate of drug-likeness (QED) is 0.403. The minimum absolute atomic E-state index is 0.144. The standard InChI is InChI=1S/C6H13NO/c1-2-7-5-3-4-6-8/h3-4,7-8H,2,5-6H2,1H3/b4-3+. The fourth-order valence-electron chi connectivity index (χ4n) is 0.386. The van der Waals surface area contributed by atoms with E-state index in [1.165, 1.54) is 0 Å². The first kappa shape index (κ1) is 7.66. The van der Waals surface area contributed by atoms with Crippen molar-refractivity contribution in [2.45, 2.75) is 6.92 Å². The Morgan fingerprint density at radius 1 is 1.50 bits per heavy atom. The van der Waals surface area contributed by atoms with Crippen molar-refractivity contribution in [2.75, 3.05) is 19.7 Å². The summed E-state index contributed by atoms with van der Waals surface area (Å²) in [5, 5.41) is 11.3. The molecule has 0 aliphatic heterocycles. The van der Waals surface area contributed by atoms with Gasteiger partial charge in [0.15, 0.2) is 0 Å². The third kappa shape index (κ3) is 5.66. The van der Waals surface area contributed by atoms with E-state index in [4.69, 9.17) is 5.11 Å². The molecule has 0 unspecified atom stereocenters. The van der Waals surface area contributed by atoms with Gasteiger partial charge in [0, 0.05) is 6.54 Å². The van der Waals surface area contributed by atoms with Gasteiger partial charge in [-0.1, -0.05) is 19.1 Å². The summed E-state index contributed by atoms with van der Waals surface area (Å²) in [5.74, 6) is 0. The van der Waals surface area contributed by atoms with E-state index >= 15 is 0 Å². The molecule has 0 rings (SSSR count). The zero-order chi connectivity index (χ0) is 6.24. The molecule has 0 bridgehead atoms. The Morgan fingerprint density at radius 3 is 2.75 bits per heavy atom. The van der Waals surface area contributed by atoms with E-state index in [0.717, 1.165) is 13.1 Å². The van der Waals surface area contributed by atoms with Crippen LogP contribution in [0, 0.1) is 0 Å². The van der Waals surface area contributed by atoms with Gasteiger partial charge in [0.1, 0.15) is 0 Å². The van der Waals surface area contributed by atoms with Crippen LogP contribution in [0.3, 0.4) is 0 Å². The molecule has 0 saturated carbocycles. The zero-order valence-corrected chi connectivity index (χ0v) is 5.22. The smallest absolute Gasteiger partial charge is 0.0612 e. The maximum Gasteiger partial charge on any atom is 0.0612 e. The number of rotatable bonds is 4. The molecule has 0 aromatic carbocycles. The Labute approximate surface area is 50.2 Å². The molecular formula is C6H13NO. The molecular weight excluding hydrogens is 102 g/mol. The van der Waals surface area contributed by atoms with Crippen LogP contribution in [-0.4, -0.2) is 24.8 Å². The molecule has 0 spiro atoms. The average molecular weight is 115 g/mol. The van der Waals surface area contributed by atoms with Crippen LogP contribution in [0.5, 0.6) is 0 Å². The van der Waals surface area contributed by atoms with Gasteiger partial charge in [-0.3, -0.25) is 0 Å². The molecule has 2 N–H and O–H groups in total. The highest BCUT2D eigenvalue weighted by Crippen LogP contribution is 1.66. The predicted molar refractivity (Wildman–Crippen MR) is 34.8 cm³/mol. The van der Waals surface area contributed by atoms with Gasteiger partial charge in [-0.05, 0) is 6.54 Å². The Bertz CT molecular complexity index is 61.5. The predicted octanol–water partition coefficient (Wildman–Crippen LogP) is 0.144. The molecule has 0 aromatic rings. The van der Waals surface area contributed by atoms with Gasteiger partial charge < -0.3 is 10.4 Å². The minimum atomic E-state index is 0.144. The van der Waals surface area contributed by atoms with Crippen LogP contribution in [-0.2, 0) is 0 Å². The summed E-state index contributed by atoms with van der Waals surface area (Å²) in [6.45, 7) is 4.03. The molecule has 0 aromatic heterocycles. The van der Waals surface area contributed by atoms with Crippen LogP contribution < -0.4 is 5.32 Å². The van der Waals surface area contributed by atoms with E-state index in [1.54, 1.807) is 6.08 Å². The molecule has 2 heteroatoms. The van der Waals surface area contributed by atoms with Crippen LogP contribution in [0.2, 0.25) is 0 Å². The molecule has 8 heavy (non-hydrogen) atoms. The lowest BCUT2D eigenvalue weighted by molar-refractivity contribution is 0.342. The summed E-state index contributed by atoms with van der Waals surface area (Å²) in [4.78, 5) is 0. The first-order chi connectivity index (χ1) is 3.91. The van der Waals surface area contributed by atoms with Crippen LogP contribution in [0.25, 0.3) is 0 Å². The molecule has 0 amide bonds. The number of aliphatic hydroxyl groups excluding tert-OH is 1. The molecule has 0 heterocycles. The van der Waals surface area contributed by atoms with Gasteiger partial charge in [-0.15, -0.1) is 0 Å². The number of hydrogen-bond acceptors (Lipinski definition) is 2. The lowest BCUT2D eigenvalue weighted by atomic mass is 10.5. The largest absolute Gasteiger partial charge is 0.392 e. The van der Waals surface area contributed by atoms with Gasteiger partial charge in [-0.25, -0.2) is 0 Å². The summed E-state index contributed by atoms with van der Waals surface area (Å²) in [5.41, 5.74) is 0. The summed E-state index contributed by atoms with van der Waals surface area (Å²) in [6, 6.07) is 0. The lowest BCUT2D eigenvalue weighted by Gasteiger charge is -1.90. The van der Waals surface area contributed by atoms with E-state index < -0.39 is 0 Å². The van der Waals surface area contributed by atoms with Crippen LogP contribution in [0.15, 0.2) is 12.2 Å². The summed E-state index contributed by atoms with van der Waals surface area (Å²) in [7, 11) is 0. The summed E-state index contributed by atoms with van der Waals surface area (Å²) in [6.07, 6.45) is 3.63. The van der Waals surface area contributed by atoms with Crippen LogP contribution >= 0.6 is 0 Å². The highest BCUT2D eigenvalue weighted by Gasteiger charge is 1.71. The number of aliphatic hydroxyl groups is 1. The van der Waals surface area contributed by atoms with Crippen molar-refractivity contribution in [3.8, 4) is 0 Å². The second-order valence-electron chi connectivity index (χ2n) is 1.46. The number of likely N-dealkylation sites (N-methyl/N-ethyl adjacent to an activating group) is 1. The van der Waals surface area contributed by atoms with Crippen molar-refractivity contribution in [1.29, 1.82) is 0 Å². The lowest BCUT2D eigenvalue weighted by Crippen LogP contribution is -2.11. The first-order valence-electron chi connectivity index (χ1n) is 2.88. The van der Waals surface area contributed by atoms with E-state index in [1.807, 2.05) is 13.0 Å². The Hall–Kier alpha value is -0.340. The highest BCUT2D eigenvalue weighted by molar-refractivity contribution is 4.82. The summed E-state index contributed by atoms with van der Waals surface area (Å²) >= 11 is 0. The third-order valence-electron chi connectivity index (χ3n) is 0.784. The molecule has 2 nitrogen and oxygen atoms in total. The Morgan fingerprint density at radius 2 is 2.25 bits per heavy atom. The Kier molecular flexibility index (Phi) is 6.38. The highest BCUT2D eigenvalue weighted by atomic mass is 16.2. The minimum Gasteiger partial charge on any atom is -0.392 e. The molecule has 0 radical (unpaired) electrons. The topological polar surface area (TPSA) is 32.3 Å². The molecule has 0 saturated heterocycles. The van der Waals surface area contributed by atoms with E-state index in [9.17, 15) is 0 Å². The maximum absolute atomic E-state index is 8.25. The van der Waals surface area contributed by atoms with Gasteiger partial charge in [0.2, 0.25) is 0 Å². The van der Waals surface area contributed by atoms with Crippen LogP contribution in [0.4, 0.5) is 0 Å². The third-order valence-corrected chi connectivity index (χ3v) is 0.784. The average Bonchev–Trinajstić information content (AvgIpc) is 1.81. The Balaban J connectivity index is 2.80. The van der Waals surface area contributed by atoms with Crippen molar-refractivity contribution in [3.63, 3.8) is 0 Å². The van der Waals surface area contributed by atoms with E-state index in [-0.39, 0.29) is 6.61 Å². The first-order valence-corrected chi connectivity index (χ1v) is 2.88. The maximum atomic E-state index is 8.25. The monoisotopic (exact) mass is 115 g/mol. The molecule has 0 aliphatic rings. The van der Waals surface area contributed by atoms with Crippen molar-refractivity contribution in [3.05, 3.63) is 12.2 Å². The number of hydrogen-bond donors (Lipinski definition) is 2. The SMILES string of the molecule is CCNC/C=C/CO. The normalized spacial score (nSPS) is 10.8. The van der Waals surface area contributed by atoms with Crippen molar-refractivity contribution in [1.82, 2.24) is 5.32 Å².